The van der Waals surface area contributed by atoms with Gasteiger partial charge in [-0.05, 0) is 81.2 Å². The van der Waals surface area contributed by atoms with E-state index in [1.54, 1.807) is 43.1 Å². The summed E-state index contributed by atoms with van der Waals surface area (Å²) in [5.41, 5.74) is 1.98. The van der Waals surface area contributed by atoms with Crippen LogP contribution in [0.15, 0.2) is 47.4 Å². The molecule has 1 aliphatic rings. The molecule has 1 aliphatic heterocycles. The summed E-state index contributed by atoms with van der Waals surface area (Å²) < 4.78 is 30.5. The van der Waals surface area contributed by atoms with Crippen LogP contribution in [-0.4, -0.2) is 57.4 Å². The van der Waals surface area contributed by atoms with Crippen LogP contribution < -0.4 is 4.18 Å². The molecular formula is C22H28N2O4S. The van der Waals surface area contributed by atoms with Crippen LogP contribution in [0.1, 0.15) is 34.3 Å². The van der Waals surface area contributed by atoms with Crippen LogP contribution in [0.25, 0.3) is 0 Å². The summed E-state index contributed by atoms with van der Waals surface area (Å²) >= 11 is 0. The van der Waals surface area contributed by atoms with Crippen molar-refractivity contribution in [1.82, 2.24) is 9.80 Å². The molecule has 0 N–H and O–H groups in total. The first kappa shape index (κ1) is 21.3. The van der Waals surface area contributed by atoms with Gasteiger partial charge in [0, 0.05) is 25.7 Å². The Hall–Kier alpha value is -2.38. The van der Waals surface area contributed by atoms with Crippen molar-refractivity contribution in [3.63, 3.8) is 0 Å². The molecule has 7 heteroatoms. The van der Waals surface area contributed by atoms with Gasteiger partial charge in [-0.1, -0.05) is 12.1 Å². The Kier molecular flexibility index (Phi) is 6.59. The standard InChI is InChI=1S/C22H28N2O4S/c1-17-6-7-18(2)21(16-17)29(26,27)28-20-10-8-19(9-11-20)22(25)23(3)14-15-24-12-4-5-13-24/h6-11,16H,4-5,12-15H2,1-3H3. The number of carbonyl (C=O) groups excluding carboxylic acids is 1. The molecule has 0 atom stereocenters. The van der Waals surface area contributed by atoms with E-state index in [9.17, 15) is 13.2 Å². The van der Waals surface area contributed by atoms with E-state index in [0.717, 1.165) is 25.2 Å². The van der Waals surface area contributed by atoms with Crippen LogP contribution in [0, 0.1) is 13.8 Å². The van der Waals surface area contributed by atoms with E-state index in [-0.39, 0.29) is 16.6 Å². The summed E-state index contributed by atoms with van der Waals surface area (Å²) in [5, 5.41) is 0. The van der Waals surface area contributed by atoms with Gasteiger partial charge in [0.1, 0.15) is 10.6 Å². The Balaban J connectivity index is 1.64. The second-order valence-corrected chi connectivity index (χ2v) is 9.12. The first-order valence-electron chi connectivity index (χ1n) is 9.86. The number of carbonyl (C=O) groups is 1. The molecule has 0 radical (unpaired) electrons. The summed E-state index contributed by atoms with van der Waals surface area (Å²) in [5.74, 6) is 0.0929. The van der Waals surface area contributed by atoms with Crippen LogP contribution >= 0.6 is 0 Å². The van der Waals surface area contributed by atoms with Crippen LogP contribution in [0.4, 0.5) is 0 Å². The minimum absolute atomic E-state index is 0.0897. The first-order chi connectivity index (χ1) is 13.8. The van der Waals surface area contributed by atoms with E-state index in [0.29, 0.717) is 17.7 Å². The van der Waals surface area contributed by atoms with Crippen molar-refractivity contribution in [3.05, 3.63) is 59.2 Å². The summed E-state index contributed by atoms with van der Waals surface area (Å²) in [4.78, 5) is 16.8. The summed E-state index contributed by atoms with van der Waals surface area (Å²) in [6.07, 6.45) is 2.45. The minimum atomic E-state index is -3.93. The molecule has 1 saturated heterocycles. The fourth-order valence-electron chi connectivity index (χ4n) is 3.42. The van der Waals surface area contributed by atoms with Crippen LogP contribution in [-0.2, 0) is 10.1 Å². The second kappa shape index (κ2) is 8.97. The molecule has 0 spiro atoms. The Morgan fingerprint density at radius 3 is 2.38 bits per heavy atom. The second-order valence-electron chi connectivity index (χ2n) is 7.61. The number of likely N-dealkylation sites (tertiary alicyclic amines) is 1. The van der Waals surface area contributed by atoms with Gasteiger partial charge in [-0.2, -0.15) is 8.42 Å². The number of likely N-dealkylation sites (N-methyl/N-ethyl adjacent to an activating group) is 1. The van der Waals surface area contributed by atoms with Crippen molar-refractivity contribution < 1.29 is 17.4 Å². The smallest absolute Gasteiger partial charge is 0.339 e. The van der Waals surface area contributed by atoms with E-state index in [1.165, 1.54) is 25.0 Å². The highest BCUT2D eigenvalue weighted by atomic mass is 32.2. The SMILES string of the molecule is Cc1ccc(C)c(S(=O)(=O)Oc2ccc(C(=O)N(C)CCN3CCCC3)cc2)c1. The normalized spacial score (nSPS) is 14.7. The molecule has 29 heavy (non-hydrogen) atoms. The lowest BCUT2D eigenvalue weighted by Crippen LogP contribution is -2.35. The maximum Gasteiger partial charge on any atom is 0.339 e. The molecule has 2 aromatic carbocycles. The number of nitrogens with zero attached hydrogens (tertiary/aromatic N) is 2. The molecule has 3 rings (SSSR count). The predicted molar refractivity (Wildman–Crippen MR) is 113 cm³/mol. The van der Waals surface area contributed by atoms with Gasteiger partial charge in [-0.3, -0.25) is 4.79 Å². The maximum atomic E-state index is 12.6. The maximum absolute atomic E-state index is 12.6. The van der Waals surface area contributed by atoms with E-state index < -0.39 is 10.1 Å². The Morgan fingerprint density at radius 2 is 1.72 bits per heavy atom. The van der Waals surface area contributed by atoms with Crippen molar-refractivity contribution in [2.24, 2.45) is 0 Å². The number of hydrogen-bond donors (Lipinski definition) is 0. The Morgan fingerprint density at radius 1 is 1.07 bits per heavy atom. The van der Waals surface area contributed by atoms with E-state index in [1.807, 2.05) is 13.0 Å². The van der Waals surface area contributed by atoms with E-state index in [2.05, 4.69) is 4.90 Å². The average Bonchev–Trinajstić information content (AvgIpc) is 3.21. The number of benzene rings is 2. The quantitative estimate of drug-likeness (QED) is 0.648. The van der Waals surface area contributed by atoms with Crippen LogP contribution in [0.2, 0.25) is 0 Å². The predicted octanol–water partition coefficient (Wildman–Crippen LogP) is 3.24. The molecule has 6 nitrogen and oxygen atoms in total. The highest BCUT2D eigenvalue weighted by molar-refractivity contribution is 7.87. The molecular weight excluding hydrogens is 388 g/mol. The van der Waals surface area contributed by atoms with Gasteiger partial charge >= 0.3 is 10.1 Å². The number of aryl methyl sites for hydroxylation is 2. The average molecular weight is 417 g/mol. The molecule has 0 aromatic heterocycles. The lowest BCUT2D eigenvalue weighted by atomic mass is 10.2. The molecule has 1 heterocycles. The van der Waals surface area contributed by atoms with Crippen LogP contribution in [0.5, 0.6) is 5.75 Å². The third-order valence-corrected chi connectivity index (χ3v) is 6.61. The fourth-order valence-corrected chi connectivity index (χ4v) is 4.67. The van der Waals surface area contributed by atoms with Crippen molar-refractivity contribution in [1.29, 1.82) is 0 Å². The lowest BCUT2D eigenvalue weighted by Gasteiger charge is -2.21. The molecule has 1 fully saturated rings. The van der Waals surface area contributed by atoms with Gasteiger partial charge in [0.2, 0.25) is 0 Å². The zero-order chi connectivity index (χ0) is 21.0. The zero-order valence-electron chi connectivity index (χ0n) is 17.2. The number of hydrogen-bond acceptors (Lipinski definition) is 5. The summed E-state index contributed by atoms with van der Waals surface area (Å²) in [6.45, 7) is 7.30. The van der Waals surface area contributed by atoms with Gasteiger partial charge in [0.15, 0.2) is 0 Å². The summed E-state index contributed by atoms with van der Waals surface area (Å²) in [7, 11) is -2.15. The van der Waals surface area contributed by atoms with Crippen molar-refractivity contribution in [3.8, 4) is 5.75 Å². The zero-order valence-corrected chi connectivity index (χ0v) is 18.0. The minimum Gasteiger partial charge on any atom is -0.379 e. The van der Waals surface area contributed by atoms with Crippen LogP contribution in [0.3, 0.4) is 0 Å². The highest BCUT2D eigenvalue weighted by Gasteiger charge is 2.20. The third kappa shape index (κ3) is 5.36. The summed E-state index contributed by atoms with van der Waals surface area (Å²) in [6, 6.07) is 11.4. The highest BCUT2D eigenvalue weighted by Crippen LogP contribution is 2.23. The number of rotatable bonds is 7. The fraction of sp³-hybridized carbons (Fsp3) is 0.409. The molecule has 0 aliphatic carbocycles. The molecule has 2 aromatic rings. The van der Waals surface area contributed by atoms with Gasteiger partial charge in [0.25, 0.3) is 5.91 Å². The van der Waals surface area contributed by atoms with Gasteiger partial charge in [0.05, 0.1) is 0 Å². The Bertz CT molecular complexity index is 965. The van der Waals surface area contributed by atoms with Gasteiger partial charge < -0.3 is 14.0 Å². The van der Waals surface area contributed by atoms with Crippen molar-refractivity contribution >= 4 is 16.0 Å². The van der Waals surface area contributed by atoms with Gasteiger partial charge in [-0.25, -0.2) is 0 Å². The van der Waals surface area contributed by atoms with Crippen molar-refractivity contribution in [2.45, 2.75) is 31.6 Å². The molecule has 0 saturated carbocycles. The van der Waals surface area contributed by atoms with E-state index in [4.69, 9.17) is 4.18 Å². The van der Waals surface area contributed by atoms with Gasteiger partial charge in [-0.15, -0.1) is 0 Å². The Labute approximate surface area is 173 Å². The molecule has 1 amide bonds. The first-order valence-corrected chi connectivity index (χ1v) is 11.3. The monoisotopic (exact) mass is 416 g/mol. The van der Waals surface area contributed by atoms with Crippen molar-refractivity contribution in [2.75, 3.05) is 33.2 Å². The molecule has 0 bridgehead atoms. The molecule has 0 unspecified atom stereocenters. The topological polar surface area (TPSA) is 66.9 Å². The largest absolute Gasteiger partial charge is 0.379 e. The van der Waals surface area contributed by atoms with E-state index >= 15 is 0 Å². The third-order valence-electron chi connectivity index (χ3n) is 5.22. The lowest BCUT2D eigenvalue weighted by molar-refractivity contribution is 0.0782. The number of amides is 1. The molecule has 156 valence electrons.